The minimum absolute atomic E-state index is 0.0846. The van der Waals surface area contributed by atoms with Crippen molar-refractivity contribution in [2.45, 2.75) is 115 Å². The van der Waals surface area contributed by atoms with E-state index in [9.17, 15) is 5.11 Å². The summed E-state index contributed by atoms with van der Waals surface area (Å²) in [5.74, 6) is 0. The highest BCUT2D eigenvalue weighted by molar-refractivity contribution is 6.74. The van der Waals surface area contributed by atoms with E-state index < -0.39 is 22.7 Å². The highest BCUT2D eigenvalue weighted by atomic mass is 28.4. The maximum atomic E-state index is 10.4. The molecule has 5 heteroatoms. The van der Waals surface area contributed by atoms with Gasteiger partial charge in [0.1, 0.15) is 0 Å². The first-order valence-electron chi connectivity index (χ1n) is 9.77. The Morgan fingerprint density at radius 1 is 0.800 bits per heavy atom. The van der Waals surface area contributed by atoms with Crippen LogP contribution in [-0.4, -0.2) is 40.1 Å². The van der Waals surface area contributed by atoms with E-state index in [0.717, 1.165) is 12.8 Å². The molecule has 0 radical (unpaired) electrons. The van der Waals surface area contributed by atoms with E-state index >= 15 is 0 Å². The fraction of sp³-hybridized carbons (Fsp3) is 0.900. The Kier molecular flexibility index (Phi) is 7.36. The van der Waals surface area contributed by atoms with Crippen LogP contribution in [0.3, 0.4) is 0 Å². The molecule has 0 spiro atoms. The molecule has 25 heavy (non-hydrogen) atoms. The second-order valence-corrected chi connectivity index (χ2v) is 20.2. The molecule has 0 aromatic carbocycles. The van der Waals surface area contributed by atoms with Gasteiger partial charge in [-0.3, -0.25) is 0 Å². The van der Waals surface area contributed by atoms with Crippen LogP contribution in [0.5, 0.6) is 0 Å². The van der Waals surface area contributed by atoms with Crippen molar-refractivity contribution in [1.82, 2.24) is 0 Å². The predicted octanol–water partition coefficient (Wildman–Crippen LogP) is 5.87. The van der Waals surface area contributed by atoms with Crippen LogP contribution in [0, 0.1) is 0 Å². The van der Waals surface area contributed by atoms with Crippen LogP contribution < -0.4 is 0 Å². The number of aliphatic hydroxyl groups is 1. The van der Waals surface area contributed by atoms with E-state index in [0.29, 0.717) is 6.42 Å². The first kappa shape index (κ1) is 23.1. The molecular formula is C20H42O3Si2. The van der Waals surface area contributed by atoms with Gasteiger partial charge in [-0.05, 0) is 49.1 Å². The van der Waals surface area contributed by atoms with Gasteiger partial charge in [0.25, 0.3) is 0 Å². The Bertz CT molecular complexity index is 459. The molecule has 3 atom stereocenters. The first-order chi connectivity index (χ1) is 11.1. The average molecular weight is 387 g/mol. The summed E-state index contributed by atoms with van der Waals surface area (Å²) in [5, 5.41) is 10.7. The smallest absolute Gasteiger partial charge is 0.192 e. The maximum absolute atomic E-state index is 10.4. The van der Waals surface area contributed by atoms with Crippen LogP contribution in [0.4, 0.5) is 0 Å². The standard InChI is InChI=1S/C20H42O3Si2/c1-19(2,3)24(7,8)22-17-12-11-16(21)15-18(14-13-17)23-25(9,10)20(4,5)6/h11-12,16-18,21H,13-15H2,1-10H3/b12-11-/t16-,17-,18-/m1/s1. The number of hydrogen-bond donors (Lipinski definition) is 1. The molecule has 0 fully saturated rings. The third-order valence-corrected chi connectivity index (χ3v) is 15.4. The van der Waals surface area contributed by atoms with E-state index in [1.165, 1.54) is 0 Å². The maximum Gasteiger partial charge on any atom is 0.192 e. The lowest BCUT2D eigenvalue weighted by Crippen LogP contribution is -2.46. The van der Waals surface area contributed by atoms with Gasteiger partial charge in [0, 0.05) is 12.5 Å². The molecule has 0 heterocycles. The van der Waals surface area contributed by atoms with Crippen LogP contribution in [0.15, 0.2) is 12.2 Å². The molecule has 1 rings (SSSR count). The van der Waals surface area contributed by atoms with Crippen molar-refractivity contribution in [2.24, 2.45) is 0 Å². The third-order valence-electron chi connectivity index (χ3n) is 6.35. The second-order valence-electron chi connectivity index (χ2n) is 10.7. The van der Waals surface area contributed by atoms with Crippen molar-refractivity contribution in [3.63, 3.8) is 0 Å². The molecule has 0 aromatic rings. The largest absolute Gasteiger partial charge is 0.414 e. The van der Waals surface area contributed by atoms with Gasteiger partial charge in [-0.15, -0.1) is 0 Å². The van der Waals surface area contributed by atoms with E-state index in [1.54, 1.807) is 0 Å². The van der Waals surface area contributed by atoms with Gasteiger partial charge in [0.15, 0.2) is 16.6 Å². The van der Waals surface area contributed by atoms with Crippen molar-refractivity contribution < 1.29 is 14.0 Å². The molecular weight excluding hydrogens is 344 g/mol. The lowest BCUT2D eigenvalue weighted by molar-refractivity contribution is 0.0859. The highest BCUT2D eigenvalue weighted by Crippen LogP contribution is 2.40. The Morgan fingerprint density at radius 3 is 1.76 bits per heavy atom. The SMILES string of the molecule is CC(C)(C)[Si](C)(C)O[C@@H]1CC[C@H](O[Si](C)(C)C(C)(C)C)/C=C\[C@@H](O)C1. The van der Waals surface area contributed by atoms with Crippen LogP contribution in [-0.2, 0) is 8.85 Å². The Labute approximate surface area is 158 Å². The summed E-state index contributed by atoms with van der Waals surface area (Å²) < 4.78 is 13.2. The Hall–Kier alpha value is 0.0538. The molecule has 1 aliphatic carbocycles. The molecule has 0 aliphatic heterocycles. The quantitative estimate of drug-likeness (QED) is 0.485. The van der Waals surface area contributed by atoms with Gasteiger partial charge < -0.3 is 14.0 Å². The summed E-state index contributed by atoms with van der Waals surface area (Å²) in [6, 6.07) is 0. The lowest BCUT2D eigenvalue weighted by Gasteiger charge is -2.41. The average Bonchev–Trinajstić information content (AvgIpc) is 2.36. The number of hydrogen-bond acceptors (Lipinski definition) is 3. The summed E-state index contributed by atoms with van der Waals surface area (Å²) in [4.78, 5) is 0. The molecule has 1 N–H and O–H groups in total. The molecule has 148 valence electrons. The lowest BCUT2D eigenvalue weighted by atomic mass is 10.0. The van der Waals surface area contributed by atoms with Crippen LogP contribution >= 0.6 is 0 Å². The molecule has 0 amide bonds. The molecule has 0 saturated heterocycles. The number of rotatable bonds is 4. The van der Waals surface area contributed by atoms with Crippen molar-refractivity contribution in [3.05, 3.63) is 12.2 Å². The van der Waals surface area contributed by atoms with Crippen molar-refractivity contribution in [2.75, 3.05) is 0 Å². The normalized spacial score (nSPS) is 28.4. The van der Waals surface area contributed by atoms with Crippen LogP contribution in [0.1, 0.15) is 60.8 Å². The zero-order valence-corrected chi connectivity index (χ0v) is 20.3. The molecule has 3 nitrogen and oxygen atoms in total. The second kappa shape index (κ2) is 7.97. The van der Waals surface area contributed by atoms with E-state index in [1.807, 2.05) is 6.08 Å². The zero-order chi connectivity index (χ0) is 19.7. The fourth-order valence-electron chi connectivity index (χ4n) is 2.52. The summed E-state index contributed by atoms with van der Waals surface area (Å²) in [6.07, 6.45) is 6.36. The van der Waals surface area contributed by atoms with Crippen LogP contribution in [0.2, 0.25) is 36.3 Å². The molecule has 0 saturated carbocycles. The molecule has 0 aromatic heterocycles. The zero-order valence-electron chi connectivity index (χ0n) is 18.3. The summed E-state index contributed by atoms with van der Waals surface area (Å²) in [6.45, 7) is 22.8. The Morgan fingerprint density at radius 2 is 1.28 bits per heavy atom. The van der Waals surface area contributed by atoms with Gasteiger partial charge in [0.2, 0.25) is 0 Å². The van der Waals surface area contributed by atoms with Crippen molar-refractivity contribution in [1.29, 1.82) is 0 Å². The van der Waals surface area contributed by atoms with Gasteiger partial charge >= 0.3 is 0 Å². The third kappa shape index (κ3) is 6.62. The van der Waals surface area contributed by atoms with Crippen molar-refractivity contribution in [3.8, 4) is 0 Å². The van der Waals surface area contributed by atoms with Gasteiger partial charge in [-0.1, -0.05) is 53.7 Å². The highest BCUT2D eigenvalue weighted by Gasteiger charge is 2.41. The molecule has 0 bridgehead atoms. The summed E-state index contributed by atoms with van der Waals surface area (Å²) >= 11 is 0. The monoisotopic (exact) mass is 386 g/mol. The van der Waals surface area contributed by atoms with Gasteiger partial charge in [0.05, 0.1) is 12.2 Å². The van der Waals surface area contributed by atoms with Crippen molar-refractivity contribution >= 4 is 16.6 Å². The summed E-state index contributed by atoms with van der Waals surface area (Å²) in [7, 11) is -3.64. The fourth-order valence-corrected chi connectivity index (χ4v) is 5.23. The van der Waals surface area contributed by atoms with E-state index in [4.69, 9.17) is 8.85 Å². The molecule has 1 aliphatic rings. The van der Waals surface area contributed by atoms with Gasteiger partial charge in [-0.2, -0.15) is 0 Å². The Balaban J connectivity index is 2.83. The number of aliphatic hydroxyl groups excluding tert-OH is 1. The first-order valence-corrected chi connectivity index (χ1v) is 15.6. The minimum Gasteiger partial charge on any atom is -0.414 e. The topological polar surface area (TPSA) is 38.7 Å². The van der Waals surface area contributed by atoms with E-state index in [2.05, 4.69) is 73.8 Å². The molecule has 0 unspecified atom stereocenters. The predicted molar refractivity (Wildman–Crippen MR) is 113 cm³/mol. The van der Waals surface area contributed by atoms with Crippen LogP contribution in [0.25, 0.3) is 0 Å². The summed E-state index contributed by atoms with van der Waals surface area (Å²) in [5.41, 5.74) is 0. The minimum atomic E-state index is -1.83. The van der Waals surface area contributed by atoms with Gasteiger partial charge in [-0.25, -0.2) is 0 Å². The van der Waals surface area contributed by atoms with E-state index in [-0.39, 0.29) is 22.3 Å².